The number of rotatable bonds is 4. The fourth-order valence-corrected chi connectivity index (χ4v) is 4.68. The summed E-state index contributed by atoms with van der Waals surface area (Å²) >= 11 is 5.83. The molecule has 1 unspecified atom stereocenters. The van der Waals surface area contributed by atoms with E-state index in [9.17, 15) is 13.2 Å². The molecule has 1 atom stereocenters. The lowest BCUT2D eigenvalue weighted by molar-refractivity contribution is 0.0950. The van der Waals surface area contributed by atoms with Crippen molar-refractivity contribution in [2.24, 2.45) is 0 Å². The molecule has 6 nitrogen and oxygen atoms in total. The van der Waals surface area contributed by atoms with Crippen LogP contribution in [0.3, 0.4) is 0 Å². The summed E-state index contributed by atoms with van der Waals surface area (Å²) in [7, 11) is -2.99. The number of hydrogen-bond donors (Lipinski definition) is 1. The number of sulfone groups is 1. The molecule has 3 rings (SSSR count). The van der Waals surface area contributed by atoms with Crippen LogP contribution in [0, 0.1) is 6.92 Å². The van der Waals surface area contributed by atoms with Gasteiger partial charge in [0.1, 0.15) is 0 Å². The van der Waals surface area contributed by atoms with Gasteiger partial charge in [0.05, 0.1) is 29.3 Å². The number of nitrogens with one attached hydrogen (secondary N) is 1. The summed E-state index contributed by atoms with van der Waals surface area (Å²) in [6.45, 7) is 2.17. The first-order chi connectivity index (χ1) is 11.4. The highest BCUT2D eigenvalue weighted by molar-refractivity contribution is 7.91. The third-order valence-electron chi connectivity index (χ3n) is 4.21. The molecule has 0 bridgehead atoms. The summed E-state index contributed by atoms with van der Waals surface area (Å²) in [5, 5.41) is 7.71. The topological polar surface area (TPSA) is 81.1 Å². The van der Waals surface area contributed by atoms with Gasteiger partial charge in [-0.1, -0.05) is 23.7 Å². The molecule has 8 heteroatoms. The zero-order chi connectivity index (χ0) is 17.3. The molecule has 128 valence electrons. The number of carbonyl (C=O) groups is 1. The van der Waals surface area contributed by atoms with Crippen molar-refractivity contribution < 1.29 is 13.2 Å². The van der Waals surface area contributed by atoms with Gasteiger partial charge in [0.15, 0.2) is 9.84 Å². The molecule has 1 amide bonds. The number of carbonyl (C=O) groups excluding carboxylic acids is 1. The second-order valence-corrected chi connectivity index (χ2v) is 8.62. The van der Waals surface area contributed by atoms with Gasteiger partial charge < -0.3 is 5.32 Å². The average molecular weight is 368 g/mol. The zero-order valence-electron chi connectivity index (χ0n) is 13.2. The molecule has 0 aliphatic carbocycles. The standard InChI is InChI=1S/C16H18ClN3O3S/c1-11-15(9-19-20(11)14-6-7-24(22,23)10-14)16(21)18-8-12-2-4-13(17)5-3-12/h2-5,9,14H,6-8,10H2,1H3,(H,18,21). The number of amides is 1. The Labute approximate surface area is 145 Å². The van der Waals surface area contributed by atoms with Crippen LogP contribution in [0.4, 0.5) is 0 Å². The van der Waals surface area contributed by atoms with Gasteiger partial charge in [-0.15, -0.1) is 0 Å². The lowest BCUT2D eigenvalue weighted by atomic mass is 10.2. The van der Waals surface area contributed by atoms with Gasteiger partial charge in [-0.2, -0.15) is 5.10 Å². The van der Waals surface area contributed by atoms with E-state index in [1.165, 1.54) is 6.20 Å². The highest BCUT2D eigenvalue weighted by Crippen LogP contribution is 2.25. The van der Waals surface area contributed by atoms with Gasteiger partial charge in [-0.25, -0.2) is 8.42 Å². The molecule has 2 aromatic rings. The Kier molecular flexibility index (Phi) is 4.64. The molecule has 0 spiro atoms. The molecule has 1 aliphatic heterocycles. The minimum absolute atomic E-state index is 0.0847. The maximum Gasteiger partial charge on any atom is 0.255 e. The zero-order valence-corrected chi connectivity index (χ0v) is 14.8. The molecular formula is C16H18ClN3O3S. The summed E-state index contributed by atoms with van der Waals surface area (Å²) in [6, 6.07) is 7.05. The normalized spacial score (nSPS) is 19.3. The first-order valence-corrected chi connectivity index (χ1v) is 9.83. The van der Waals surface area contributed by atoms with Gasteiger partial charge >= 0.3 is 0 Å². The fourth-order valence-electron chi connectivity index (χ4n) is 2.86. The van der Waals surface area contributed by atoms with E-state index < -0.39 is 9.84 Å². The van der Waals surface area contributed by atoms with Gasteiger partial charge in [0.25, 0.3) is 5.91 Å². The average Bonchev–Trinajstić information content (AvgIpc) is 3.09. The van der Waals surface area contributed by atoms with E-state index in [1.807, 2.05) is 12.1 Å². The van der Waals surface area contributed by atoms with E-state index in [0.717, 1.165) is 5.56 Å². The second kappa shape index (κ2) is 6.57. The quantitative estimate of drug-likeness (QED) is 0.897. The van der Waals surface area contributed by atoms with Gasteiger partial charge in [-0.3, -0.25) is 9.48 Å². The highest BCUT2D eigenvalue weighted by Gasteiger charge is 2.31. The molecule has 24 heavy (non-hydrogen) atoms. The maximum absolute atomic E-state index is 12.4. The number of nitrogens with zero attached hydrogens (tertiary/aromatic N) is 2. The van der Waals surface area contributed by atoms with E-state index in [1.54, 1.807) is 23.7 Å². The van der Waals surface area contributed by atoms with Crippen LogP contribution in [0.25, 0.3) is 0 Å². The molecule has 1 N–H and O–H groups in total. The van der Waals surface area contributed by atoms with Crippen LogP contribution in [0.1, 0.15) is 34.1 Å². The maximum atomic E-state index is 12.4. The molecule has 0 radical (unpaired) electrons. The Bertz CT molecular complexity index is 859. The smallest absolute Gasteiger partial charge is 0.255 e. The van der Waals surface area contributed by atoms with Crippen LogP contribution in [0.2, 0.25) is 5.02 Å². The van der Waals surface area contributed by atoms with Crippen LogP contribution in [0.15, 0.2) is 30.5 Å². The van der Waals surface area contributed by atoms with E-state index >= 15 is 0 Å². The molecule has 1 aromatic heterocycles. The van der Waals surface area contributed by atoms with Crippen molar-refractivity contribution in [1.82, 2.24) is 15.1 Å². The van der Waals surface area contributed by atoms with E-state index in [0.29, 0.717) is 29.2 Å². The second-order valence-electron chi connectivity index (χ2n) is 5.95. The van der Waals surface area contributed by atoms with Crippen LogP contribution in [-0.4, -0.2) is 35.6 Å². The lowest BCUT2D eigenvalue weighted by Crippen LogP contribution is -2.23. The van der Waals surface area contributed by atoms with Gasteiger partial charge in [0.2, 0.25) is 0 Å². The summed E-state index contributed by atoms with van der Waals surface area (Å²) in [5.74, 6) is 0.0331. The van der Waals surface area contributed by atoms with Crippen molar-refractivity contribution in [3.8, 4) is 0 Å². The van der Waals surface area contributed by atoms with Crippen molar-refractivity contribution in [2.75, 3.05) is 11.5 Å². The summed E-state index contributed by atoms with van der Waals surface area (Å²) in [5.41, 5.74) is 2.10. The number of halogens is 1. The van der Waals surface area contributed by atoms with Gasteiger partial charge in [0, 0.05) is 17.3 Å². The minimum Gasteiger partial charge on any atom is -0.348 e. The Hall–Kier alpha value is -1.86. The van der Waals surface area contributed by atoms with E-state index in [-0.39, 0.29) is 23.5 Å². The highest BCUT2D eigenvalue weighted by atomic mass is 35.5. The lowest BCUT2D eigenvalue weighted by Gasteiger charge is -2.11. The summed E-state index contributed by atoms with van der Waals surface area (Å²) in [6.07, 6.45) is 2.04. The monoisotopic (exact) mass is 367 g/mol. The van der Waals surface area contributed by atoms with Gasteiger partial charge in [-0.05, 0) is 31.0 Å². The summed E-state index contributed by atoms with van der Waals surface area (Å²) < 4.78 is 24.9. The Morgan fingerprint density at radius 1 is 1.38 bits per heavy atom. The fraction of sp³-hybridized carbons (Fsp3) is 0.375. The molecule has 1 aromatic carbocycles. The van der Waals surface area contributed by atoms with Crippen LogP contribution >= 0.6 is 11.6 Å². The molecule has 1 fully saturated rings. The Morgan fingerprint density at radius 3 is 2.71 bits per heavy atom. The molecule has 1 saturated heterocycles. The largest absolute Gasteiger partial charge is 0.348 e. The molecular weight excluding hydrogens is 350 g/mol. The van der Waals surface area contributed by atoms with Crippen molar-refractivity contribution in [2.45, 2.75) is 25.9 Å². The van der Waals surface area contributed by atoms with Crippen LogP contribution in [-0.2, 0) is 16.4 Å². The van der Waals surface area contributed by atoms with Crippen LogP contribution in [0.5, 0.6) is 0 Å². The first kappa shape index (κ1) is 17.0. The number of aromatic nitrogens is 2. The van der Waals surface area contributed by atoms with E-state index in [4.69, 9.17) is 11.6 Å². The first-order valence-electron chi connectivity index (χ1n) is 7.63. The number of hydrogen-bond acceptors (Lipinski definition) is 4. The molecule has 0 saturated carbocycles. The Morgan fingerprint density at radius 2 is 2.08 bits per heavy atom. The molecule has 2 heterocycles. The predicted octanol–water partition coefficient (Wildman–Crippen LogP) is 2.13. The van der Waals surface area contributed by atoms with Crippen molar-refractivity contribution in [3.63, 3.8) is 0 Å². The predicted molar refractivity (Wildman–Crippen MR) is 91.9 cm³/mol. The summed E-state index contributed by atoms with van der Waals surface area (Å²) in [4.78, 5) is 12.4. The van der Waals surface area contributed by atoms with Crippen molar-refractivity contribution >= 4 is 27.3 Å². The third kappa shape index (κ3) is 3.62. The van der Waals surface area contributed by atoms with Crippen molar-refractivity contribution in [3.05, 3.63) is 52.3 Å². The van der Waals surface area contributed by atoms with Crippen molar-refractivity contribution in [1.29, 1.82) is 0 Å². The minimum atomic E-state index is -2.99. The SMILES string of the molecule is Cc1c(C(=O)NCc2ccc(Cl)cc2)cnn1C1CCS(=O)(=O)C1. The Balaban J connectivity index is 1.69. The van der Waals surface area contributed by atoms with E-state index in [2.05, 4.69) is 10.4 Å². The number of benzene rings is 1. The molecule has 1 aliphatic rings. The third-order valence-corrected chi connectivity index (χ3v) is 6.21. The van der Waals surface area contributed by atoms with Crippen LogP contribution < -0.4 is 5.32 Å².